The van der Waals surface area contributed by atoms with E-state index in [1.807, 2.05) is 86.6 Å². The van der Waals surface area contributed by atoms with E-state index in [0.717, 1.165) is 20.4 Å². The van der Waals surface area contributed by atoms with Crippen LogP contribution in [0.25, 0.3) is 22.3 Å². The minimum atomic E-state index is -0.278. The van der Waals surface area contributed by atoms with Crippen LogP contribution in [-0.4, -0.2) is 35.0 Å². The lowest BCUT2D eigenvalue weighted by Crippen LogP contribution is -2.21. The predicted octanol–water partition coefficient (Wildman–Crippen LogP) is 6.27. The molecule has 1 heterocycles. The van der Waals surface area contributed by atoms with E-state index in [0.29, 0.717) is 40.4 Å². The van der Waals surface area contributed by atoms with E-state index in [2.05, 4.69) is 33.0 Å². The molecule has 0 bridgehead atoms. The molecule has 0 saturated heterocycles. The Morgan fingerprint density at radius 2 is 1.73 bits per heavy atom. The van der Waals surface area contributed by atoms with Gasteiger partial charge in [0.25, 0.3) is 11.5 Å². The zero-order valence-electron chi connectivity index (χ0n) is 22.5. The highest BCUT2D eigenvalue weighted by molar-refractivity contribution is 14.1. The average molecular weight is 658 g/mol. The minimum absolute atomic E-state index is 0.184. The quantitative estimate of drug-likeness (QED) is 0.149. The molecular weight excluding hydrogens is 631 g/mol. The molecule has 5 aromatic rings. The predicted molar refractivity (Wildman–Crippen MR) is 170 cm³/mol. The Morgan fingerprint density at radius 3 is 2.51 bits per heavy atom. The molecule has 1 aromatic heterocycles. The number of aryl methyl sites for hydroxylation is 1. The van der Waals surface area contributed by atoms with Crippen molar-refractivity contribution < 1.29 is 14.3 Å². The van der Waals surface area contributed by atoms with E-state index < -0.39 is 0 Å². The molecule has 0 fully saturated rings. The number of hydrogen-bond acceptors (Lipinski definition) is 6. The molecule has 0 aliphatic rings. The van der Waals surface area contributed by atoms with Gasteiger partial charge in [-0.25, -0.2) is 4.98 Å². The molecular formula is C32H27IN4O4. The number of amides is 1. The molecule has 4 aromatic carbocycles. The van der Waals surface area contributed by atoms with Crippen molar-refractivity contribution in [3.63, 3.8) is 0 Å². The molecule has 1 N–H and O–H groups in total. The number of benzene rings is 4. The second kappa shape index (κ2) is 12.8. The normalized spacial score (nSPS) is 11.1. The number of carbonyl (C=O) groups is 1. The second-order valence-corrected chi connectivity index (χ2v) is 10.3. The zero-order valence-corrected chi connectivity index (χ0v) is 24.7. The molecule has 0 saturated carbocycles. The van der Waals surface area contributed by atoms with Crippen LogP contribution in [0.3, 0.4) is 0 Å². The first-order chi connectivity index (χ1) is 19.9. The second-order valence-electron chi connectivity index (χ2n) is 9.09. The van der Waals surface area contributed by atoms with Crippen LogP contribution in [0.15, 0.2) is 101 Å². The summed E-state index contributed by atoms with van der Waals surface area (Å²) in [6, 6.07) is 27.8. The molecule has 0 aliphatic carbocycles. The molecule has 206 valence electrons. The highest BCUT2D eigenvalue weighted by atomic mass is 127. The van der Waals surface area contributed by atoms with Crippen molar-refractivity contribution in [2.24, 2.45) is 5.10 Å². The minimum Gasteiger partial charge on any atom is -0.490 e. The number of halogens is 1. The number of rotatable bonds is 9. The summed E-state index contributed by atoms with van der Waals surface area (Å²) in [5.41, 5.74) is 3.48. The number of ether oxygens (including phenoxy) is 2. The first kappa shape index (κ1) is 28.0. The van der Waals surface area contributed by atoms with Gasteiger partial charge in [0.15, 0.2) is 23.9 Å². The lowest BCUT2D eigenvalue weighted by molar-refractivity contribution is -0.118. The van der Waals surface area contributed by atoms with Gasteiger partial charge in [-0.15, -0.1) is 0 Å². The maximum atomic E-state index is 13.5. The third-order valence-corrected chi connectivity index (χ3v) is 7.01. The smallest absolute Gasteiger partial charge is 0.282 e. The molecule has 5 rings (SSSR count). The van der Waals surface area contributed by atoms with Crippen molar-refractivity contribution in [3.05, 3.63) is 116 Å². The van der Waals surface area contributed by atoms with Crippen molar-refractivity contribution in [1.29, 1.82) is 0 Å². The van der Waals surface area contributed by atoms with Crippen molar-refractivity contribution in [3.8, 4) is 22.9 Å². The molecule has 0 aliphatic heterocycles. The van der Waals surface area contributed by atoms with Gasteiger partial charge in [0.1, 0.15) is 0 Å². The topological polar surface area (TPSA) is 94.8 Å². The van der Waals surface area contributed by atoms with E-state index in [4.69, 9.17) is 14.5 Å². The fraction of sp³-hybridized carbons (Fsp3) is 0.125. The van der Waals surface area contributed by atoms with E-state index in [-0.39, 0.29) is 18.1 Å². The first-order valence-electron chi connectivity index (χ1n) is 13.0. The van der Waals surface area contributed by atoms with E-state index in [9.17, 15) is 9.59 Å². The van der Waals surface area contributed by atoms with Crippen molar-refractivity contribution in [2.75, 3.05) is 18.5 Å². The highest BCUT2D eigenvalue weighted by Crippen LogP contribution is 2.34. The summed E-state index contributed by atoms with van der Waals surface area (Å²) >= 11 is 2.14. The van der Waals surface area contributed by atoms with Gasteiger partial charge in [-0.05, 0) is 77.9 Å². The first-order valence-corrected chi connectivity index (χ1v) is 14.1. The van der Waals surface area contributed by atoms with Crippen molar-refractivity contribution in [1.82, 2.24) is 9.66 Å². The Morgan fingerprint density at radius 1 is 1.00 bits per heavy atom. The molecule has 1 amide bonds. The van der Waals surface area contributed by atoms with Gasteiger partial charge in [-0.1, -0.05) is 60.7 Å². The van der Waals surface area contributed by atoms with Crippen LogP contribution in [0.2, 0.25) is 0 Å². The maximum absolute atomic E-state index is 13.5. The Bertz CT molecular complexity index is 1800. The lowest BCUT2D eigenvalue weighted by Gasteiger charge is -2.15. The van der Waals surface area contributed by atoms with E-state index in [1.54, 1.807) is 24.4 Å². The lowest BCUT2D eigenvalue weighted by atomic mass is 10.2. The highest BCUT2D eigenvalue weighted by Gasteiger charge is 2.16. The number of anilines is 1. The summed E-state index contributed by atoms with van der Waals surface area (Å²) in [7, 11) is 0. The van der Waals surface area contributed by atoms with Gasteiger partial charge in [0, 0.05) is 11.3 Å². The summed E-state index contributed by atoms with van der Waals surface area (Å²) in [6.07, 6.45) is 1.59. The standard InChI is InChI=1S/C32H27IN4O4/c1-3-40-28-18-22(17-25(33)30(28)41-20-29(38)35-26-15-9-7-11-21(26)2)19-34-37-31(23-12-5-4-6-13-23)36-27-16-10-8-14-24(27)32(37)39/h4-19H,3,20H2,1-2H3,(H,35,38). The Kier molecular flexibility index (Phi) is 8.73. The number of nitrogens with one attached hydrogen (secondary N) is 1. The SMILES string of the molecule is CCOc1cc(C=Nn2c(-c3ccccc3)nc3ccccc3c2=O)cc(I)c1OCC(=O)Nc1ccccc1C. The van der Waals surface area contributed by atoms with Crippen LogP contribution in [-0.2, 0) is 4.79 Å². The molecule has 0 radical (unpaired) electrons. The molecule has 0 atom stereocenters. The van der Waals surface area contributed by atoms with Gasteiger partial charge in [0.05, 0.1) is 27.3 Å². The Balaban J connectivity index is 1.45. The molecule has 0 spiro atoms. The van der Waals surface area contributed by atoms with Crippen LogP contribution in [0.1, 0.15) is 18.1 Å². The monoisotopic (exact) mass is 658 g/mol. The third kappa shape index (κ3) is 6.46. The number of carbonyl (C=O) groups excluding carboxylic acids is 1. The fourth-order valence-electron chi connectivity index (χ4n) is 4.23. The fourth-order valence-corrected chi connectivity index (χ4v) is 5.01. The van der Waals surface area contributed by atoms with Gasteiger partial charge in [-0.2, -0.15) is 9.78 Å². The van der Waals surface area contributed by atoms with Crippen LogP contribution in [0.5, 0.6) is 11.5 Å². The molecule has 0 unspecified atom stereocenters. The summed E-state index contributed by atoms with van der Waals surface area (Å²) in [5.74, 6) is 1.08. The van der Waals surface area contributed by atoms with Gasteiger partial charge >= 0.3 is 0 Å². The van der Waals surface area contributed by atoms with E-state index >= 15 is 0 Å². The summed E-state index contributed by atoms with van der Waals surface area (Å²) in [6.45, 7) is 4.01. The zero-order chi connectivity index (χ0) is 28.8. The van der Waals surface area contributed by atoms with Crippen molar-refractivity contribution >= 4 is 51.3 Å². The van der Waals surface area contributed by atoms with Gasteiger partial charge in [0.2, 0.25) is 0 Å². The summed E-state index contributed by atoms with van der Waals surface area (Å²) in [5, 5.41) is 7.90. The molecule has 41 heavy (non-hydrogen) atoms. The van der Waals surface area contributed by atoms with Crippen LogP contribution < -0.4 is 20.3 Å². The van der Waals surface area contributed by atoms with Crippen LogP contribution in [0.4, 0.5) is 5.69 Å². The Hall–Kier alpha value is -4.51. The number of aromatic nitrogens is 2. The van der Waals surface area contributed by atoms with Gasteiger partial charge in [-0.3, -0.25) is 9.59 Å². The van der Waals surface area contributed by atoms with Crippen LogP contribution >= 0.6 is 22.6 Å². The number of fused-ring (bicyclic) bond motifs is 1. The van der Waals surface area contributed by atoms with Gasteiger partial charge < -0.3 is 14.8 Å². The largest absolute Gasteiger partial charge is 0.490 e. The number of nitrogens with zero attached hydrogens (tertiary/aromatic N) is 3. The number of hydrogen-bond donors (Lipinski definition) is 1. The van der Waals surface area contributed by atoms with Crippen LogP contribution in [0, 0.1) is 10.5 Å². The average Bonchev–Trinajstić information content (AvgIpc) is 2.98. The summed E-state index contributed by atoms with van der Waals surface area (Å²) in [4.78, 5) is 30.8. The van der Waals surface area contributed by atoms with E-state index in [1.165, 1.54) is 4.68 Å². The summed E-state index contributed by atoms with van der Waals surface area (Å²) < 4.78 is 13.8. The number of para-hydroxylation sites is 2. The Labute approximate surface area is 250 Å². The molecule has 8 nitrogen and oxygen atoms in total. The van der Waals surface area contributed by atoms with Crippen molar-refractivity contribution in [2.45, 2.75) is 13.8 Å². The maximum Gasteiger partial charge on any atom is 0.282 e. The molecule has 9 heteroatoms. The third-order valence-electron chi connectivity index (χ3n) is 6.21.